The van der Waals surface area contributed by atoms with Gasteiger partial charge in [-0.2, -0.15) is 0 Å². The molecule has 0 bridgehead atoms. The van der Waals surface area contributed by atoms with Gasteiger partial charge < -0.3 is 15.6 Å². The molecule has 1 atom stereocenters. The molecule has 4 N–H and O–H groups in total. The van der Waals surface area contributed by atoms with Crippen LogP contribution in [-0.2, 0) is 11.4 Å². The quantitative estimate of drug-likeness (QED) is 0.184. The summed E-state index contributed by atoms with van der Waals surface area (Å²) in [4.78, 5) is 10.9. The first-order valence-electron chi connectivity index (χ1n) is 11.9. The standard InChI is InChI=1S/C29H26F2N2O3/c30-24-14-18(16-34)6-11-22(24)28(19-2-1-3-19)27(20-8-4-17(5-9-20)7-13-26(35)36)21-10-12-25-23(15-21)29(31)33-32-25/h4-15,19,29,32-34H,1-3,16H2,(H,35,36)/b13-7+,28-27+. The summed E-state index contributed by atoms with van der Waals surface area (Å²) in [5, 5.41) is 18.4. The molecule has 36 heavy (non-hydrogen) atoms. The lowest BCUT2D eigenvalue weighted by atomic mass is 9.72. The second-order valence-electron chi connectivity index (χ2n) is 9.12. The van der Waals surface area contributed by atoms with E-state index in [-0.39, 0.29) is 12.5 Å². The van der Waals surface area contributed by atoms with E-state index in [0.717, 1.165) is 53.2 Å². The highest BCUT2D eigenvalue weighted by Gasteiger charge is 2.30. The number of aliphatic hydroxyl groups is 1. The Morgan fingerprint density at radius 2 is 1.78 bits per heavy atom. The average Bonchev–Trinajstić information content (AvgIpc) is 3.22. The first-order valence-corrected chi connectivity index (χ1v) is 11.9. The average molecular weight is 489 g/mol. The third-order valence-electron chi connectivity index (χ3n) is 6.85. The minimum Gasteiger partial charge on any atom is -0.478 e. The van der Waals surface area contributed by atoms with Gasteiger partial charge in [-0.1, -0.05) is 48.9 Å². The second-order valence-corrected chi connectivity index (χ2v) is 9.12. The van der Waals surface area contributed by atoms with Crippen molar-refractivity contribution in [1.82, 2.24) is 5.43 Å². The predicted octanol–water partition coefficient (Wildman–Crippen LogP) is 6.07. The van der Waals surface area contributed by atoms with Crippen molar-refractivity contribution < 1.29 is 23.8 Å². The first-order chi connectivity index (χ1) is 17.4. The normalized spacial score (nSPS) is 17.9. The summed E-state index contributed by atoms with van der Waals surface area (Å²) in [6.07, 6.45) is 4.10. The van der Waals surface area contributed by atoms with E-state index in [1.54, 1.807) is 18.2 Å². The number of carbonyl (C=O) groups is 1. The number of aliphatic carboxylic acids is 1. The van der Waals surface area contributed by atoms with E-state index < -0.39 is 18.1 Å². The summed E-state index contributed by atoms with van der Waals surface area (Å²) in [6, 6.07) is 17.7. The number of hydrogen-bond donors (Lipinski definition) is 4. The lowest BCUT2D eigenvalue weighted by Gasteiger charge is -2.32. The lowest BCUT2D eigenvalue weighted by Crippen LogP contribution is -2.16. The highest BCUT2D eigenvalue weighted by Crippen LogP contribution is 2.46. The molecule has 0 aromatic heterocycles. The molecular weight excluding hydrogens is 462 g/mol. The molecule has 184 valence electrons. The SMILES string of the molecule is O=C(O)/C=C/c1ccc(/C(=C(\c2ccc(CO)cc2F)C2CCC2)c2ccc3c(c2)C(F)NN3)cc1. The Balaban J connectivity index is 1.73. The molecule has 5 nitrogen and oxygen atoms in total. The van der Waals surface area contributed by atoms with Gasteiger partial charge in [0.05, 0.1) is 12.3 Å². The van der Waals surface area contributed by atoms with Crippen LogP contribution in [-0.4, -0.2) is 16.2 Å². The van der Waals surface area contributed by atoms with Gasteiger partial charge >= 0.3 is 5.97 Å². The van der Waals surface area contributed by atoms with Gasteiger partial charge in [-0.25, -0.2) is 19.0 Å². The van der Waals surface area contributed by atoms with E-state index in [4.69, 9.17) is 5.11 Å². The maximum atomic E-state index is 15.4. The van der Waals surface area contributed by atoms with Gasteiger partial charge in [-0.15, -0.1) is 0 Å². The molecule has 1 fully saturated rings. The number of anilines is 1. The summed E-state index contributed by atoms with van der Waals surface area (Å²) in [6.45, 7) is -0.249. The number of carboxylic acid groups (broad SMARTS) is 1. The van der Waals surface area contributed by atoms with Gasteiger partial charge in [0.1, 0.15) is 5.82 Å². The van der Waals surface area contributed by atoms with E-state index in [1.165, 1.54) is 12.1 Å². The molecule has 2 aliphatic rings. The Kier molecular flexibility index (Phi) is 6.67. The smallest absolute Gasteiger partial charge is 0.328 e. The molecule has 0 amide bonds. The monoisotopic (exact) mass is 488 g/mol. The fourth-order valence-electron chi connectivity index (χ4n) is 4.80. The number of aliphatic hydroxyl groups excluding tert-OH is 1. The van der Waals surface area contributed by atoms with Crippen LogP contribution in [0.2, 0.25) is 0 Å². The van der Waals surface area contributed by atoms with Gasteiger partial charge in [-0.3, -0.25) is 0 Å². The van der Waals surface area contributed by atoms with E-state index in [0.29, 0.717) is 22.4 Å². The Labute approximate surface area is 207 Å². The predicted molar refractivity (Wildman–Crippen MR) is 136 cm³/mol. The molecule has 0 saturated heterocycles. The number of rotatable bonds is 7. The van der Waals surface area contributed by atoms with Crippen molar-refractivity contribution in [2.75, 3.05) is 5.43 Å². The minimum absolute atomic E-state index is 0.131. The molecule has 0 spiro atoms. The zero-order valence-corrected chi connectivity index (χ0v) is 19.5. The molecule has 1 aliphatic carbocycles. The molecule has 3 aromatic rings. The van der Waals surface area contributed by atoms with Crippen LogP contribution in [0, 0.1) is 11.7 Å². The number of allylic oxidation sites excluding steroid dienone is 1. The van der Waals surface area contributed by atoms with E-state index >= 15 is 4.39 Å². The zero-order chi connectivity index (χ0) is 25.2. The van der Waals surface area contributed by atoms with Gasteiger partial charge in [0.25, 0.3) is 0 Å². The number of hydrogen-bond acceptors (Lipinski definition) is 4. The molecule has 5 rings (SSSR count). The minimum atomic E-state index is -1.36. The van der Waals surface area contributed by atoms with E-state index in [1.807, 2.05) is 36.4 Å². The van der Waals surface area contributed by atoms with Gasteiger partial charge in [0.15, 0.2) is 6.30 Å². The van der Waals surface area contributed by atoms with Crippen molar-refractivity contribution >= 4 is 28.9 Å². The van der Waals surface area contributed by atoms with Crippen LogP contribution >= 0.6 is 0 Å². The largest absolute Gasteiger partial charge is 0.478 e. The molecule has 3 aromatic carbocycles. The summed E-state index contributed by atoms with van der Waals surface area (Å²) in [5.41, 5.74) is 11.5. The van der Waals surface area contributed by atoms with Crippen LogP contribution in [0.4, 0.5) is 14.5 Å². The van der Waals surface area contributed by atoms with Crippen LogP contribution in [0.15, 0.2) is 66.7 Å². The number of fused-ring (bicyclic) bond motifs is 1. The third kappa shape index (κ3) is 4.67. The Bertz CT molecular complexity index is 1360. The molecule has 1 unspecified atom stereocenters. The molecular formula is C29H26F2N2O3. The number of halogens is 2. The number of carboxylic acids is 1. The summed E-state index contributed by atoms with van der Waals surface area (Å²) in [5.74, 6) is -1.31. The highest BCUT2D eigenvalue weighted by atomic mass is 19.1. The maximum absolute atomic E-state index is 15.4. The Hall–Kier alpha value is -3.81. The zero-order valence-electron chi connectivity index (χ0n) is 19.5. The second kappa shape index (κ2) is 10.0. The molecule has 7 heteroatoms. The van der Waals surface area contributed by atoms with Gasteiger partial charge in [-0.05, 0) is 76.4 Å². The lowest BCUT2D eigenvalue weighted by molar-refractivity contribution is -0.131. The van der Waals surface area contributed by atoms with Crippen LogP contribution in [0.3, 0.4) is 0 Å². The maximum Gasteiger partial charge on any atom is 0.328 e. The van der Waals surface area contributed by atoms with E-state index in [9.17, 15) is 14.3 Å². The molecule has 1 heterocycles. The number of alkyl halides is 1. The number of hydrazine groups is 1. The summed E-state index contributed by atoms with van der Waals surface area (Å²) >= 11 is 0. The van der Waals surface area contributed by atoms with Crippen LogP contribution in [0.1, 0.15) is 58.9 Å². The topological polar surface area (TPSA) is 81.6 Å². The van der Waals surface area contributed by atoms with Crippen molar-refractivity contribution in [1.29, 1.82) is 0 Å². The van der Waals surface area contributed by atoms with E-state index in [2.05, 4.69) is 10.9 Å². The summed E-state index contributed by atoms with van der Waals surface area (Å²) < 4.78 is 30.0. The molecule has 1 saturated carbocycles. The first kappa shape index (κ1) is 23.9. The highest BCUT2D eigenvalue weighted by molar-refractivity contribution is 6.00. The number of nitrogens with one attached hydrogen (secondary N) is 2. The van der Waals surface area contributed by atoms with Crippen LogP contribution < -0.4 is 10.9 Å². The van der Waals surface area contributed by atoms with Gasteiger partial charge in [0.2, 0.25) is 0 Å². The summed E-state index contributed by atoms with van der Waals surface area (Å²) in [7, 11) is 0. The number of benzene rings is 3. The molecule has 1 aliphatic heterocycles. The van der Waals surface area contributed by atoms with Crippen LogP contribution in [0.5, 0.6) is 0 Å². The van der Waals surface area contributed by atoms with Crippen molar-refractivity contribution in [3.63, 3.8) is 0 Å². The van der Waals surface area contributed by atoms with Crippen molar-refractivity contribution in [3.8, 4) is 0 Å². The fourth-order valence-corrected chi connectivity index (χ4v) is 4.80. The third-order valence-corrected chi connectivity index (χ3v) is 6.85. The Morgan fingerprint density at radius 3 is 2.42 bits per heavy atom. The van der Waals surface area contributed by atoms with Crippen molar-refractivity contribution in [2.24, 2.45) is 5.92 Å². The Morgan fingerprint density at radius 1 is 1.03 bits per heavy atom. The van der Waals surface area contributed by atoms with Crippen molar-refractivity contribution in [2.45, 2.75) is 32.2 Å². The van der Waals surface area contributed by atoms with Crippen molar-refractivity contribution in [3.05, 3.63) is 106 Å². The van der Waals surface area contributed by atoms with Gasteiger partial charge in [0, 0.05) is 17.2 Å². The fraction of sp³-hybridized carbons (Fsp3) is 0.207. The molecule has 0 radical (unpaired) electrons. The van der Waals surface area contributed by atoms with Crippen LogP contribution in [0.25, 0.3) is 17.2 Å².